The summed E-state index contributed by atoms with van der Waals surface area (Å²) in [6.45, 7) is 6.73. The van der Waals surface area contributed by atoms with E-state index in [2.05, 4.69) is 28.2 Å². The molecule has 1 aliphatic heterocycles. The van der Waals surface area contributed by atoms with E-state index in [0.29, 0.717) is 0 Å². The van der Waals surface area contributed by atoms with Gasteiger partial charge in [-0.3, -0.25) is 0 Å². The molecule has 0 spiro atoms. The molecular weight excluding hydrogens is 238 g/mol. The van der Waals surface area contributed by atoms with E-state index in [1.807, 2.05) is 6.07 Å². The van der Waals surface area contributed by atoms with Gasteiger partial charge in [0.25, 0.3) is 0 Å². The number of nitrogens with zero attached hydrogens (tertiary/aromatic N) is 2. The van der Waals surface area contributed by atoms with E-state index < -0.39 is 0 Å². The summed E-state index contributed by atoms with van der Waals surface area (Å²) < 4.78 is 5.14. The first kappa shape index (κ1) is 14.1. The zero-order chi connectivity index (χ0) is 13.5. The summed E-state index contributed by atoms with van der Waals surface area (Å²) in [5.41, 5.74) is 0. The van der Waals surface area contributed by atoms with Crippen LogP contribution in [0.5, 0.6) is 5.75 Å². The molecule has 2 heterocycles. The fourth-order valence-electron chi connectivity index (χ4n) is 2.53. The molecule has 1 N–H and O–H groups in total. The molecule has 0 unspecified atom stereocenters. The zero-order valence-electron chi connectivity index (χ0n) is 12.1. The van der Waals surface area contributed by atoms with Gasteiger partial charge in [-0.05, 0) is 50.4 Å². The second-order valence-electron chi connectivity index (χ2n) is 5.19. The molecule has 0 atom stereocenters. The molecule has 0 saturated carbocycles. The van der Waals surface area contributed by atoms with Crippen LogP contribution in [-0.4, -0.2) is 38.3 Å². The summed E-state index contributed by atoms with van der Waals surface area (Å²) in [7, 11) is 1.67. The number of nitrogens with one attached hydrogen (secondary N) is 1. The quantitative estimate of drug-likeness (QED) is 0.799. The number of methoxy groups -OCH3 is 1. The lowest BCUT2D eigenvalue weighted by atomic mass is 9.97. The van der Waals surface area contributed by atoms with Crippen molar-refractivity contribution in [3.8, 4) is 5.75 Å². The molecule has 0 bridgehead atoms. The number of hydrogen-bond donors (Lipinski definition) is 1. The van der Waals surface area contributed by atoms with Gasteiger partial charge in [0, 0.05) is 13.1 Å². The maximum atomic E-state index is 5.14. The van der Waals surface area contributed by atoms with Crippen molar-refractivity contribution in [2.45, 2.75) is 26.2 Å². The highest BCUT2D eigenvalue weighted by Gasteiger charge is 2.19. The Bertz CT molecular complexity index is 358. The molecule has 1 aromatic heterocycles. The third-order valence-electron chi connectivity index (χ3n) is 3.75. The number of ether oxygens (including phenoxy) is 1. The number of anilines is 1. The van der Waals surface area contributed by atoms with Crippen molar-refractivity contribution in [1.29, 1.82) is 0 Å². The second kappa shape index (κ2) is 7.34. The molecule has 0 aliphatic carbocycles. The minimum atomic E-state index is 0.820. The number of hydrogen-bond acceptors (Lipinski definition) is 4. The van der Waals surface area contributed by atoms with Crippen molar-refractivity contribution in [1.82, 2.24) is 10.3 Å². The number of piperidine rings is 1. The van der Waals surface area contributed by atoms with Gasteiger partial charge in [-0.25, -0.2) is 4.98 Å². The first-order valence-corrected chi connectivity index (χ1v) is 7.29. The van der Waals surface area contributed by atoms with E-state index in [1.165, 1.54) is 19.3 Å². The first-order chi connectivity index (χ1) is 9.33. The highest BCUT2D eigenvalue weighted by atomic mass is 16.5. The van der Waals surface area contributed by atoms with Crippen molar-refractivity contribution >= 4 is 5.82 Å². The maximum absolute atomic E-state index is 5.14. The highest BCUT2D eigenvalue weighted by Crippen LogP contribution is 2.22. The van der Waals surface area contributed by atoms with Crippen LogP contribution in [0.25, 0.3) is 0 Å². The van der Waals surface area contributed by atoms with Crippen LogP contribution in [0, 0.1) is 5.92 Å². The lowest BCUT2D eigenvalue weighted by molar-refractivity contribution is 0.382. The van der Waals surface area contributed by atoms with Crippen LogP contribution < -0.4 is 15.0 Å². The van der Waals surface area contributed by atoms with Crippen LogP contribution >= 0.6 is 0 Å². The third kappa shape index (κ3) is 4.10. The number of aromatic nitrogens is 1. The lowest BCUT2D eigenvalue weighted by Crippen LogP contribution is -2.37. The smallest absolute Gasteiger partial charge is 0.137 e. The van der Waals surface area contributed by atoms with E-state index in [1.54, 1.807) is 13.3 Å². The Hall–Kier alpha value is -1.29. The summed E-state index contributed by atoms with van der Waals surface area (Å²) >= 11 is 0. The molecule has 0 amide bonds. The zero-order valence-corrected chi connectivity index (χ0v) is 12.1. The van der Waals surface area contributed by atoms with Crippen LogP contribution in [0.1, 0.15) is 26.2 Å². The van der Waals surface area contributed by atoms with Crippen molar-refractivity contribution < 1.29 is 4.74 Å². The molecule has 1 fully saturated rings. The van der Waals surface area contributed by atoms with Gasteiger partial charge in [0.1, 0.15) is 11.6 Å². The number of pyridine rings is 1. The molecule has 0 aromatic carbocycles. The van der Waals surface area contributed by atoms with Gasteiger partial charge >= 0.3 is 0 Å². The molecule has 1 aromatic rings. The van der Waals surface area contributed by atoms with Crippen molar-refractivity contribution in [3.63, 3.8) is 0 Å². The molecule has 1 aliphatic rings. The van der Waals surface area contributed by atoms with Crippen LogP contribution in [0.15, 0.2) is 18.3 Å². The fraction of sp³-hybridized carbons (Fsp3) is 0.667. The van der Waals surface area contributed by atoms with Gasteiger partial charge < -0.3 is 15.0 Å². The predicted molar refractivity (Wildman–Crippen MR) is 78.9 cm³/mol. The molecule has 106 valence electrons. The number of rotatable bonds is 6. The second-order valence-corrected chi connectivity index (χ2v) is 5.19. The van der Waals surface area contributed by atoms with Crippen molar-refractivity contribution in [2.75, 3.05) is 38.2 Å². The SMILES string of the molecule is CCCNCC1CCN(c2ccc(OC)cn2)CC1. The van der Waals surface area contributed by atoms with Gasteiger partial charge in [-0.2, -0.15) is 0 Å². The van der Waals surface area contributed by atoms with Gasteiger partial charge in [-0.1, -0.05) is 6.92 Å². The Morgan fingerprint density at radius 3 is 2.74 bits per heavy atom. The lowest BCUT2D eigenvalue weighted by Gasteiger charge is -2.33. The molecule has 1 saturated heterocycles. The van der Waals surface area contributed by atoms with E-state index in [-0.39, 0.29) is 0 Å². The van der Waals surface area contributed by atoms with Crippen LogP contribution in [0.3, 0.4) is 0 Å². The van der Waals surface area contributed by atoms with Gasteiger partial charge in [0.05, 0.1) is 13.3 Å². The summed E-state index contributed by atoms with van der Waals surface area (Å²) in [5.74, 6) is 2.71. The Morgan fingerprint density at radius 1 is 1.37 bits per heavy atom. The minimum absolute atomic E-state index is 0.820. The third-order valence-corrected chi connectivity index (χ3v) is 3.75. The topological polar surface area (TPSA) is 37.4 Å². The van der Waals surface area contributed by atoms with E-state index in [0.717, 1.165) is 43.7 Å². The normalized spacial score (nSPS) is 16.6. The summed E-state index contributed by atoms with van der Waals surface area (Å²) in [6.07, 6.45) is 5.52. The molecule has 2 rings (SSSR count). The average Bonchev–Trinajstić information content (AvgIpc) is 2.48. The summed E-state index contributed by atoms with van der Waals surface area (Å²) in [5, 5.41) is 3.52. The largest absolute Gasteiger partial charge is 0.495 e. The van der Waals surface area contributed by atoms with E-state index in [9.17, 15) is 0 Å². The average molecular weight is 263 g/mol. The Labute approximate surface area is 116 Å². The van der Waals surface area contributed by atoms with E-state index >= 15 is 0 Å². The fourth-order valence-corrected chi connectivity index (χ4v) is 2.53. The van der Waals surface area contributed by atoms with Gasteiger partial charge in [-0.15, -0.1) is 0 Å². The Morgan fingerprint density at radius 2 is 2.16 bits per heavy atom. The van der Waals surface area contributed by atoms with Crippen LogP contribution in [0.2, 0.25) is 0 Å². The summed E-state index contributed by atoms with van der Waals surface area (Å²) in [6, 6.07) is 4.03. The van der Waals surface area contributed by atoms with Crippen LogP contribution in [-0.2, 0) is 0 Å². The van der Waals surface area contributed by atoms with Crippen molar-refractivity contribution in [3.05, 3.63) is 18.3 Å². The molecular formula is C15H25N3O. The molecule has 4 nitrogen and oxygen atoms in total. The summed E-state index contributed by atoms with van der Waals surface area (Å²) in [4.78, 5) is 6.83. The van der Waals surface area contributed by atoms with E-state index in [4.69, 9.17) is 4.74 Å². The molecule has 4 heteroatoms. The standard InChI is InChI=1S/C15H25N3O/c1-3-8-16-11-13-6-9-18(10-7-13)15-5-4-14(19-2)12-17-15/h4-5,12-13,16H,3,6-11H2,1-2H3. The van der Waals surface area contributed by atoms with Gasteiger partial charge in [0.2, 0.25) is 0 Å². The minimum Gasteiger partial charge on any atom is -0.495 e. The van der Waals surface area contributed by atoms with Gasteiger partial charge in [0.15, 0.2) is 0 Å². The monoisotopic (exact) mass is 263 g/mol. The van der Waals surface area contributed by atoms with Crippen molar-refractivity contribution in [2.24, 2.45) is 5.92 Å². The first-order valence-electron chi connectivity index (χ1n) is 7.29. The van der Waals surface area contributed by atoms with Crippen LogP contribution in [0.4, 0.5) is 5.82 Å². The predicted octanol–water partition coefficient (Wildman–Crippen LogP) is 2.31. The molecule has 0 radical (unpaired) electrons. The Kier molecular flexibility index (Phi) is 5.45. The molecule has 19 heavy (non-hydrogen) atoms. The Balaban J connectivity index is 1.78. The maximum Gasteiger partial charge on any atom is 0.137 e. The highest BCUT2D eigenvalue weighted by molar-refractivity contribution is 5.41.